The van der Waals surface area contributed by atoms with E-state index in [0.29, 0.717) is 11.5 Å². The number of thiol groups is 1. The second-order valence-corrected chi connectivity index (χ2v) is 7.27. The lowest BCUT2D eigenvalue weighted by Crippen LogP contribution is -2.14. The van der Waals surface area contributed by atoms with Crippen molar-refractivity contribution in [3.63, 3.8) is 0 Å². The molecule has 0 amide bonds. The second kappa shape index (κ2) is 9.65. The maximum Gasteiger partial charge on any atom is 0.341 e. The van der Waals surface area contributed by atoms with Crippen LogP contribution >= 0.6 is 12.6 Å². The smallest absolute Gasteiger partial charge is 0.341 e. The van der Waals surface area contributed by atoms with Crippen molar-refractivity contribution in [2.24, 2.45) is 10.9 Å². The zero-order chi connectivity index (χ0) is 20.8. The number of aliphatic imine (C=N–C) groups is 1. The molecule has 1 fully saturated rings. The molecule has 1 aliphatic rings. The van der Waals surface area contributed by atoms with Crippen molar-refractivity contribution in [2.75, 3.05) is 21.3 Å². The van der Waals surface area contributed by atoms with E-state index in [1.807, 2.05) is 48.5 Å². The van der Waals surface area contributed by atoms with E-state index in [1.165, 1.54) is 20.5 Å². The fraction of sp³-hybridized carbons (Fsp3) is 0.304. The molecule has 0 aliphatic heterocycles. The molecule has 1 aliphatic carbocycles. The van der Waals surface area contributed by atoms with Gasteiger partial charge in [0, 0.05) is 5.71 Å². The standard InChI is InChI=1S/C23H25NO4S/c1-26-14-20(23(25)28-3)18-6-4-5-7-19(18)22(29)21(15-8-9-15)24-16-10-12-17(27-2)13-11-16/h4-7,10-15,22,29H,8-9H2,1-3H3. The lowest BCUT2D eigenvalue weighted by atomic mass is 9.94. The van der Waals surface area contributed by atoms with Gasteiger partial charge in [0.25, 0.3) is 0 Å². The van der Waals surface area contributed by atoms with Gasteiger partial charge in [0.2, 0.25) is 0 Å². The average Bonchev–Trinajstić information content (AvgIpc) is 3.60. The van der Waals surface area contributed by atoms with Crippen LogP contribution in [0.1, 0.15) is 29.2 Å². The summed E-state index contributed by atoms with van der Waals surface area (Å²) in [4.78, 5) is 17.2. The van der Waals surface area contributed by atoms with Gasteiger partial charge in [-0.05, 0) is 54.2 Å². The summed E-state index contributed by atoms with van der Waals surface area (Å²) in [6.07, 6.45) is 3.58. The number of hydrogen-bond donors (Lipinski definition) is 1. The number of rotatable bonds is 8. The van der Waals surface area contributed by atoms with Crippen molar-refractivity contribution in [1.82, 2.24) is 0 Å². The molecular weight excluding hydrogens is 386 g/mol. The maximum absolute atomic E-state index is 12.3. The summed E-state index contributed by atoms with van der Waals surface area (Å²) in [6.45, 7) is 0. The van der Waals surface area contributed by atoms with Crippen LogP contribution in [0, 0.1) is 5.92 Å². The van der Waals surface area contributed by atoms with Crippen molar-refractivity contribution in [2.45, 2.75) is 18.1 Å². The Bertz CT molecular complexity index is 917. The van der Waals surface area contributed by atoms with E-state index in [2.05, 4.69) is 0 Å². The normalized spacial score (nSPS) is 15.6. The molecule has 1 atom stereocenters. The molecule has 1 unspecified atom stereocenters. The molecule has 0 radical (unpaired) electrons. The van der Waals surface area contributed by atoms with E-state index < -0.39 is 5.97 Å². The molecule has 0 spiro atoms. The number of benzene rings is 2. The fourth-order valence-corrected chi connectivity index (χ4v) is 3.64. The molecule has 29 heavy (non-hydrogen) atoms. The van der Waals surface area contributed by atoms with Gasteiger partial charge in [0.15, 0.2) is 0 Å². The molecule has 2 aromatic rings. The van der Waals surface area contributed by atoms with Crippen LogP contribution in [0.25, 0.3) is 5.57 Å². The molecular formula is C23H25NO4S. The molecule has 0 saturated heterocycles. The van der Waals surface area contributed by atoms with Gasteiger partial charge in [-0.2, -0.15) is 12.6 Å². The van der Waals surface area contributed by atoms with Gasteiger partial charge < -0.3 is 14.2 Å². The van der Waals surface area contributed by atoms with E-state index in [9.17, 15) is 4.79 Å². The van der Waals surface area contributed by atoms with Gasteiger partial charge in [-0.3, -0.25) is 4.99 Å². The summed E-state index contributed by atoms with van der Waals surface area (Å²) in [7, 11) is 4.50. The zero-order valence-electron chi connectivity index (χ0n) is 16.8. The first-order valence-electron chi connectivity index (χ1n) is 9.40. The van der Waals surface area contributed by atoms with Gasteiger partial charge in [0.05, 0.1) is 38.5 Å². The first-order valence-corrected chi connectivity index (χ1v) is 9.91. The van der Waals surface area contributed by atoms with Crippen LogP contribution in [0.2, 0.25) is 0 Å². The fourth-order valence-electron chi connectivity index (χ4n) is 3.15. The summed E-state index contributed by atoms with van der Waals surface area (Å²) in [5.74, 6) is 0.720. The van der Waals surface area contributed by atoms with Gasteiger partial charge >= 0.3 is 5.97 Å². The van der Waals surface area contributed by atoms with Crippen LogP contribution in [-0.2, 0) is 14.3 Å². The monoisotopic (exact) mass is 411 g/mol. The average molecular weight is 412 g/mol. The quantitative estimate of drug-likeness (QED) is 0.218. The van der Waals surface area contributed by atoms with Crippen LogP contribution in [-0.4, -0.2) is 33.0 Å². The largest absolute Gasteiger partial charge is 0.503 e. The van der Waals surface area contributed by atoms with E-state index in [0.717, 1.165) is 41.1 Å². The number of carbonyl (C=O) groups is 1. The van der Waals surface area contributed by atoms with Crippen LogP contribution in [0.3, 0.4) is 0 Å². The second-order valence-electron chi connectivity index (χ2n) is 6.76. The summed E-state index contributed by atoms with van der Waals surface area (Å²) in [6, 6.07) is 15.3. The first-order chi connectivity index (χ1) is 14.1. The lowest BCUT2D eigenvalue weighted by Gasteiger charge is -2.19. The van der Waals surface area contributed by atoms with Crippen molar-refractivity contribution < 1.29 is 19.0 Å². The Hall–Kier alpha value is -2.73. The molecule has 0 heterocycles. The number of hydrogen-bond acceptors (Lipinski definition) is 6. The molecule has 0 bridgehead atoms. The third-order valence-electron chi connectivity index (χ3n) is 4.79. The van der Waals surface area contributed by atoms with E-state index >= 15 is 0 Å². The highest BCUT2D eigenvalue weighted by atomic mass is 32.1. The Morgan fingerprint density at radius 2 is 1.79 bits per heavy atom. The Labute approximate surface area is 176 Å². The van der Waals surface area contributed by atoms with Crippen molar-refractivity contribution in [3.05, 3.63) is 65.9 Å². The van der Waals surface area contributed by atoms with Crippen molar-refractivity contribution in [3.8, 4) is 5.75 Å². The molecule has 0 aromatic heterocycles. The molecule has 1 saturated carbocycles. The molecule has 3 rings (SSSR count). The highest BCUT2D eigenvalue weighted by molar-refractivity contribution is 7.81. The highest BCUT2D eigenvalue weighted by Gasteiger charge is 2.33. The molecule has 5 nitrogen and oxygen atoms in total. The van der Waals surface area contributed by atoms with Crippen LogP contribution in [0.15, 0.2) is 59.8 Å². The predicted molar refractivity (Wildman–Crippen MR) is 118 cm³/mol. The SMILES string of the molecule is COC=C(C(=O)OC)c1ccccc1C(S)C(=Nc1ccc(OC)cc1)C1CC1. The van der Waals surface area contributed by atoms with Crippen molar-refractivity contribution in [1.29, 1.82) is 0 Å². The lowest BCUT2D eigenvalue weighted by molar-refractivity contribution is -0.133. The van der Waals surface area contributed by atoms with E-state index in [1.54, 1.807) is 7.11 Å². The molecule has 2 aromatic carbocycles. The number of methoxy groups -OCH3 is 3. The number of ether oxygens (including phenoxy) is 3. The van der Waals surface area contributed by atoms with E-state index in [-0.39, 0.29) is 5.25 Å². The minimum absolute atomic E-state index is 0.259. The third kappa shape index (κ3) is 5.01. The van der Waals surface area contributed by atoms with Gasteiger partial charge in [0.1, 0.15) is 11.3 Å². The highest BCUT2D eigenvalue weighted by Crippen LogP contribution is 2.41. The summed E-state index contributed by atoms with van der Waals surface area (Å²) in [5, 5.41) is -0.259. The summed E-state index contributed by atoms with van der Waals surface area (Å²) < 4.78 is 15.3. The Morgan fingerprint density at radius 1 is 1.10 bits per heavy atom. The van der Waals surface area contributed by atoms with Gasteiger partial charge in [-0.15, -0.1) is 0 Å². The van der Waals surface area contributed by atoms with Gasteiger partial charge in [-0.25, -0.2) is 4.79 Å². The first kappa shape index (κ1) is 21.0. The topological polar surface area (TPSA) is 57.1 Å². The molecule has 0 N–H and O–H groups in total. The predicted octanol–water partition coefficient (Wildman–Crippen LogP) is 5.01. The van der Waals surface area contributed by atoms with Crippen molar-refractivity contribution >= 4 is 35.6 Å². The summed E-state index contributed by atoms with van der Waals surface area (Å²) >= 11 is 4.92. The third-order valence-corrected chi connectivity index (χ3v) is 5.34. The van der Waals surface area contributed by atoms with Crippen LogP contribution in [0.5, 0.6) is 5.75 Å². The van der Waals surface area contributed by atoms with Crippen LogP contribution < -0.4 is 4.74 Å². The Balaban J connectivity index is 2.01. The van der Waals surface area contributed by atoms with Crippen LogP contribution in [0.4, 0.5) is 5.69 Å². The van der Waals surface area contributed by atoms with Gasteiger partial charge in [-0.1, -0.05) is 24.3 Å². The zero-order valence-corrected chi connectivity index (χ0v) is 17.7. The number of carbonyl (C=O) groups excluding carboxylic acids is 1. The molecule has 6 heteroatoms. The Morgan fingerprint density at radius 3 is 2.38 bits per heavy atom. The maximum atomic E-state index is 12.3. The molecule has 152 valence electrons. The Kier molecular flexibility index (Phi) is 6.99. The minimum atomic E-state index is -0.458. The van der Waals surface area contributed by atoms with E-state index in [4.69, 9.17) is 31.8 Å². The summed E-state index contributed by atoms with van der Waals surface area (Å²) in [5.41, 5.74) is 3.81. The minimum Gasteiger partial charge on any atom is -0.503 e. The number of esters is 1. The number of nitrogens with zero attached hydrogens (tertiary/aromatic N) is 1.